The maximum Gasteiger partial charge on any atom is 0.517 e. The second-order valence-electron chi connectivity index (χ2n) is 7.07. The van der Waals surface area contributed by atoms with E-state index in [4.69, 9.17) is 18.9 Å². The lowest BCUT2D eigenvalue weighted by Gasteiger charge is -2.21. The van der Waals surface area contributed by atoms with Gasteiger partial charge in [0.2, 0.25) is 5.88 Å². The van der Waals surface area contributed by atoms with Crippen LogP contribution in [0.4, 0.5) is 4.79 Å². The van der Waals surface area contributed by atoms with Gasteiger partial charge < -0.3 is 38.7 Å². The van der Waals surface area contributed by atoms with E-state index in [-0.39, 0.29) is 37.4 Å². The van der Waals surface area contributed by atoms with Gasteiger partial charge >= 0.3 is 12.1 Å². The van der Waals surface area contributed by atoms with Crippen LogP contribution in [0.2, 0.25) is 0 Å². The molecular formula is C21H28N2O9. The van der Waals surface area contributed by atoms with Crippen LogP contribution in [0.15, 0.2) is 18.2 Å². The number of carbonyl (C=O) groups is 3. The van der Waals surface area contributed by atoms with Gasteiger partial charge in [0.1, 0.15) is 6.61 Å². The number of Topliss-reactive ketones (excluding diaryl/α,β-unsaturated/α-hetero) is 1. The molecule has 0 saturated carbocycles. The molecule has 0 fully saturated rings. The monoisotopic (exact) mass is 452 g/mol. The Hall–Kier alpha value is -2.99. The van der Waals surface area contributed by atoms with E-state index in [1.807, 2.05) is 4.90 Å². The molecule has 11 heteroatoms. The summed E-state index contributed by atoms with van der Waals surface area (Å²) in [7, 11) is 4.60. The molecule has 0 aliphatic heterocycles. The lowest BCUT2D eigenvalue weighted by molar-refractivity contribution is -0.131. The van der Waals surface area contributed by atoms with Crippen molar-refractivity contribution in [2.24, 2.45) is 0 Å². The predicted molar refractivity (Wildman–Crippen MR) is 113 cm³/mol. The highest BCUT2D eigenvalue weighted by Gasteiger charge is 2.20. The largest absolute Gasteiger partial charge is 0.517 e. The molecule has 2 aromatic rings. The van der Waals surface area contributed by atoms with Crippen molar-refractivity contribution in [1.29, 1.82) is 0 Å². The Labute approximate surface area is 185 Å². The molecule has 11 nitrogen and oxygen atoms in total. The number of ether oxygens (including phenoxy) is 5. The topological polar surface area (TPSA) is 137 Å². The number of aliphatic hydroxyl groups excluding tert-OH is 1. The van der Waals surface area contributed by atoms with Crippen molar-refractivity contribution >= 4 is 28.8 Å². The van der Waals surface area contributed by atoms with Crippen LogP contribution in [-0.2, 0) is 23.8 Å². The summed E-state index contributed by atoms with van der Waals surface area (Å²) in [6.45, 7) is 1.71. The van der Waals surface area contributed by atoms with Crippen LogP contribution in [0.3, 0.4) is 0 Å². The third-order valence-electron chi connectivity index (χ3n) is 4.43. The summed E-state index contributed by atoms with van der Waals surface area (Å²) in [6.07, 6.45) is -1.63. The molecule has 1 unspecified atom stereocenters. The van der Waals surface area contributed by atoms with Crippen molar-refractivity contribution < 1.29 is 43.2 Å². The number of methoxy groups -OCH3 is 2. The molecule has 1 aromatic carbocycles. The third-order valence-corrected chi connectivity index (χ3v) is 4.43. The maximum atomic E-state index is 11.7. The number of aliphatic hydroxyl groups is 1. The molecule has 0 radical (unpaired) electrons. The highest BCUT2D eigenvalue weighted by Crippen LogP contribution is 2.35. The molecule has 0 saturated heterocycles. The first kappa shape index (κ1) is 25.3. The average molecular weight is 452 g/mol. The summed E-state index contributed by atoms with van der Waals surface area (Å²) < 4.78 is 24.5. The minimum Gasteiger partial charge on any atom is -0.424 e. The molecule has 2 N–H and O–H groups in total. The van der Waals surface area contributed by atoms with Crippen LogP contribution >= 0.6 is 0 Å². The molecular weight excluding hydrogens is 424 g/mol. The van der Waals surface area contributed by atoms with Gasteiger partial charge in [-0.3, -0.25) is 9.59 Å². The van der Waals surface area contributed by atoms with Crippen LogP contribution in [-0.4, -0.2) is 80.7 Å². The third kappa shape index (κ3) is 7.31. The number of aromatic nitrogens is 1. The van der Waals surface area contributed by atoms with Gasteiger partial charge in [-0.25, -0.2) is 4.79 Å². The summed E-state index contributed by atoms with van der Waals surface area (Å²) in [5.41, 5.74) is 0.881. The number of likely N-dealkylation sites (N-methyl/N-ethyl adjacent to an activating group) is 1. The van der Waals surface area contributed by atoms with E-state index in [0.29, 0.717) is 29.4 Å². The van der Waals surface area contributed by atoms with E-state index in [9.17, 15) is 19.5 Å². The molecule has 0 spiro atoms. The van der Waals surface area contributed by atoms with Crippen molar-refractivity contribution in [1.82, 2.24) is 9.88 Å². The summed E-state index contributed by atoms with van der Waals surface area (Å²) in [5, 5.41) is 11.3. The van der Waals surface area contributed by atoms with E-state index in [1.54, 1.807) is 13.1 Å². The number of fused-ring (bicyclic) bond motifs is 1. The minimum atomic E-state index is -0.991. The number of hydrogen-bond acceptors (Lipinski definition) is 10. The maximum absolute atomic E-state index is 11.7. The molecule has 0 aliphatic carbocycles. The van der Waals surface area contributed by atoms with Crippen molar-refractivity contribution in [3.05, 3.63) is 23.8 Å². The first-order valence-corrected chi connectivity index (χ1v) is 9.80. The highest BCUT2D eigenvalue weighted by molar-refractivity contribution is 5.92. The summed E-state index contributed by atoms with van der Waals surface area (Å²) in [4.78, 5) is 39.5. The van der Waals surface area contributed by atoms with Crippen molar-refractivity contribution in [3.63, 3.8) is 0 Å². The van der Waals surface area contributed by atoms with Gasteiger partial charge in [-0.2, -0.15) is 0 Å². The highest BCUT2D eigenvalue weighted by atomic mass is 16.8. The fraction of sp³-hybridized carbons (Fsp3) is 0.476. The number of benzene rings is 1. The molecule has 2 rings (SSSR count). The lowest BCUT2D eigenvalue weighted by atomic mass is 10.0. The number of H-pyrrole nitrogens is 1. The number of aromatic amines is 1. The normalized spacial score (nSPS) is 12.1. The van der Waals surface area contributed by atoms with Crippen molar-refractivity contribution in [2.75, 3.05) is 47.8 Å². The molecule has 0 bridgehead atoms. The van der Waals surface area contributed by atoms with E-state index >= 15 is 0 Å². The van der Waals surface area contributed by atoms with Gasteiger partial charge in [-0.05, 0) is 18.7 Å². The molecule has 0 aliphatic rings. The van der Waals surface area contributed by atoms with Crippen LogP contribution in [0, 0.1) is 0 Å². The van der Waals surface area contributed by atoms with Crippen LogP contribution < -0.4 is 9.47 Å². The number of nitrogens with one attached hydrogen (secondary N) is 1. The quantitative estimate of drug-likeness (QED) is 0.278. The van der Waals surface area contributed by atoms with Crippen molar-refractivity contribution in [3.8, 4) is 11.6 Å². The van der Waals surface area contributed by atoms with Crippen LogP contribution in [0.25, 0.3) is 10.9 Å². The van der Waals surface area contributed by atoms with Gasteiger partial charge in [0.25, 0.3) is 0 Å². The minimum absolute atomic E-state index is 0.0326. The van der Waals surface area contributed by atoms with Gasteiger partial charge in [0, 0.05) is 52.1 Å². The number of ketones is 1. The molecule has 32 heavy (non-hydrogen) atoms. The van der Waals surface area contributed by atoms with Gasteiger partial charge in [0.05, 0.1) is 11.6 Å². The molecule has 1 heterocycles. The number of hydrogen-bond donors (Lipinski definition) is 2. The SMILES string of the molecule is COCOC(=O)Oc1cc2c(C(O)CN(C)CCC(=O)COC)ccc(OC(C)=O)c2[nH]1. The Kier molecular flexibility index (Phi) is 9.60. The number of nitrogens with zero attached hydrogens (tertiary/aromatic N) is 1. The Morgan fingerprint density at radius 3 is 2.56 bits per heavy atom. The Morgan fingerprint density at radius 1 is 1.16 bits per heavy atom. The first-order valence-electron chi connectivity index (χ1n) is 9.80. The second-order valence-corrected chi connectivity index (χ2v) is 7.07. The molecule has 1 atom stereocenters. The summed E-state index contributed by atoms with van der Waals surface area (Å²) >= 11 is 0. The Morgan fingerprint density at radius 2 is 1.91 bits per heavy atom. The van der Waals surface area contributed by atoms with E-state index in [1.165, 1.54) is 33.3 Å². The fourth-order valence-corrected chi connectivity index (χ4v) is 3.04. The van der Waals surface area contributed by atoms with Gasteiger partial charge in [-0.15, -0.1) is 0 Å². The standard InChI is InChI=1S/C21H28N2O9/c1-13(24)31-18-6-5-15(17(26)10-23(2)8-7-14(25)11-28-3)16-9-19(22-20(16)18)32-21(27)30-12-29-4/h5-6,9,17,22,26H,7-8,10-12H2,1-4H3. The van der Waals surface area contributed by atoms with Crippen molar-refractivity contribution in [2.45, 2.75) is 19.4 Å². The molecule has 176 valence electrons. The zero-order chi connectivity index (χ0) is 23.7. The van der Waals surface area contributed by atoms with E-state index in [2.05, 4.69) is 9.72 Å². The Bertz CT molecular complexity index is 941. The molecule has 1 aromatic heterocycles. The molecule has 0 amide bonds. The fourth-order valence-electron chi connectivity index (χ4n) is 3.04. The Balaban J connectivity index is 2.23. The number of carbonyl (C=O) groups excluding carboxylic acids is 3. The second kappa shape index (κ2) is 12.2. The van der Waals surface area contributed by atoms with E-state index < -0.39 is 18.2 Å². The van der Waals surface area contributed by atoms with Crippen LogP contribution in [0.1, 0.15) is 25.0 Å². The number of esters is 1. The van der Waals surface area contributed by atoms with Crippen LogP contribution in [0.5, 0.6) is 11.6 Å². The summed E-state index contributed by atoms with van der Waals surface area (Å²) in [6, 6.07) is 4.65. The zero-order valence-electron chi connectivity index (χ0n) is 18.5. The first-order chi connectivity index (χ1) is 15.2. The summed E-state index contributed by atoms with van der Waals surface area (Å²) in [5.74, 6) is -0.318. The lowest BCUT2D eigenvalue weighted by Crippen LogP contribution is -2.27. The predicted octanol–water partition coefficient (Wildman–Crippen LogP) is 1.78. The van der Waals surface area contributed by atoms with Gasteiger partial charge in [-0.1, -0.05) is 6.07 Å². The average Bonchev–Trinajstić information content (AvgIpc) is 3.14. The zero-order valence-corrected chi connectivity index (χ0v) is 18.5. The van der Waals surface area contributed by atoms with Gasteiger partial charge in [0.15, 0.2) is 18.3 Å². The smallest absolute Gasteiger partial charge is 0.424 e. The van der Waals surface area contributed by atoms with E-state index in [0.717, 1.165) is 0 Å². The number of rotatable bonds is 12.